The molecule has 3 rings (SSSR count). The number of ether oxygens (including phenoxy) is 1. The van der Waals surface area contributed by atoms with Gasteiger partial charge in [0.05, 0.1) is 5.56 Å². The van der Waals surface area contributed by atoms with Crippen LogP contribution in [0.2, 0.25) is 0 Å². The van der Waals surface area contributed by atoms with Gasteiger partial charge in [-0.25, -0.2) is 14.8 Å². The third kappa shape index (κ3) is 5.67. The number of carbonyl (C=O) groups excluding carboxylic acids is 1. The summed E-state index contributed by atoms with van der Waals surface area (Å²) in [6.07, 6.45) is 5.71. The van der Waals surface area contributed by atoms with E-state index in [1.807, 2.05) is 20.8 Å². The molecule has 0 atom stereocenters. The first-order valence-corrected chi connectivity index (χ1v) is 9.57. The maximum atomic E-state index is 12.0. The van der Waals surface area contributed by atoms with Gasteiger partial charge in [-0.2, -0.15) is 0 Å². The summed E-state index contributed by atoms with van der Waals surface area (Å²) in [5, 5.41) is 6.66. The number of nitrogens with zero attached hydrogens (tertiary/aromatic N) is 2. The minimum Gasteiger partial charge on any atom is -0.456 e. The highest BCUT2D eigenvalue weighted by atomic mass is 16.6. The summed E-state index contributed by atoms with van der Waals surface area (Å²) in [4.78, 5) is 21.0. The molecule has 0 amide bonds. The van der Waals surface area contributed by atoms with Crippen LogP contribution in [0, 0.1) is 0 Å². The van der Waals surface area contributed by atoms with E-state index in [-0.39, 0.29) is 5.97 Å². The van der Waals surface area contributed by atoms with Crippen molar-refractivity contribution in [3.63, 3.8) is 0 Å². The molecule has 6 nitrogen and oxygen atoms in total. The van der Waals surface area contributed by atoms with E-state index < -0.39 is 5.60 Å². The molecular weight excluding hydrogens is 340 g/mol. The fraction of sp³-hybridized carbons (Fsp3) is 0.476. The topological polar surface area (TPSA) is 76.1 Å². The van der Waals surface area contributed by atoms with Gasteiger partial charge in [0.1, 0.15) is 17.2 Å². The number of fused-ring (bicyclic) bond motifs is 1. The number of nitrogens with one attached hydrogen (secondary N) is 2. The van der Waals surface area contributed by atoms with Gasteiger partial charge in [-0.3, -0.25) is 0 Å². The number of hydrogen-bond acceptors (Lipinski definition) is 6. The van der Waals surface area contributed by atoms with Crippen LogP contribution in [0.15, 0.2) is 30.5 Å². The van der Waals surface area contributed by atoms with Crippen molar-refractivity contribution in [2.45, 2.75) is 52.1 Å². The first-order valence-electron chi connectivity index (χ1n) is 9.57. The molecule has 0 spiro atoms. The number of rotatable bonds is 6. The van der Waals surface area contributed by atoms with Gasteiger partial charge in [0, 0.05) is 25.0 Å². The Kier molecular flexibility index (Phi) is 5.94. The molecule has 2 aromatic rings. The van der Waals surface area contributed by atoms with Gasteiger partial charge >= 0.3 is 5.97 Å². The molecule has 27 heavy (non-hydrogen) atoms. The van der Waals surface area contributed by atoms with Crippen molar-refractivity contribution in [3.8, 4) is 0 Å². The Morgan fingerprint density at radius 2 is 2.11 bits per heavy atom. The van der Waals surface area contributed by atoms with Gasteiger partial charge in [0.2, 0.25) is 0 Å². The zero-order valence-electron chi connectivity index (χ0n) is 16.3. The van der Waals surface area contributed by atoms with Gasteiger partial charge in [0.25, 0.3) is 0 Å². The highest BCUT2D eigenvalue weighted by molar-refractivity contribution is 5.89. The smallest absolute Gasteiger partial charge is 0.340 e. The van der Waals surface area contributed by atoms with Crippen LogP contribution in [0.25, 0.3) is 0 Å². The van der Waals surface area contributed by atoms with E-state index in [1.165, 1.54) is 12.0 Å². The van der Waals surface area contributed by atoms with Crippen LogP contribution in [0.5, 0.6) is 0 Å². The molecule has 1 aliphatic heterocycles. The molecule has 0 aromatic carbocycles. The van der Waals surface area contributed by atoms with Crippen molar-refractivity contribution in [2.75, 3.05) is 23.7 Å². The average molecular weight is 368 g/mol. The normalized spacial score (nSPS) is 13.4. The van der Waals surface area contributed by atoms with Gasteiger partial charge in [-0.15, -0.1) is 0 Å². The maximum absolute atomic E-state index is 12.0. The summed E-state index contributed by atoms with van der Waals surface area (Å²) in [6, 6.07) is 7.86. The summed E-state index contributed by atoms with van der Waals surface area (Å²) < 4.78 is 5.34. The lowest BCUT2D eigenvalue weighted by atomic mass is 10.1. The number of esters is 1. The second-order valence-corrected chi connectivity index (χ2v) is 7.80. The van der Waals surface area contributed by atoms with Crippen molar-refractivity contribution in [3.05, 3.63) is 47.3 Å². The largest absolute Gasteiger partial charge is 0.456 e. The molecule has 0 radical (unpaired) electrons. The molecule has 6 heteroatoms. The molecule has 0 bridgehead atoms. The van der Waals surface area contributed by atoms with Crippen molar-refractivity contribution in [1.29, 1.82) is 0 Å². The number of carbonyl (C=O) groups is 1. The molecule has 2 aromatic heterocycles. The van der Waals surface area contributed by atoms with Crippen LogP contribution < -0.4 is 10.6 Å². The lowest BCUT2D eigenvalue weighted by Crippen LogP contribution is -2.24. The van der Waals surface area contributed by atoms with E-state index in [4.69, 9.17) is 9.72 Å². The van der Waals surface area contributed by atoms with Crippen molar-refractivity contribution in [2.24, 2.45) is 0 Å². The molecule has 0 unspecified atom stereocenters. The number of hydrogen-bond donors (Lipinski definition) is 2. The molecule has 0 aliphatic carbocycles. The Bertz CT molecular complexity index is 782. The molecule has 2 N–H and O–H groups in total. The molecule has 1 aliphatic rings. The minimum absolute atomic E-state index is 0.353. The van der Waals surface area contributed by atoms with Crippen LogP contribution in [0.3, 0.4) is 0 Å². The van der Waals surface area contributed by atoms with Crippen LogP contribution in [-0.2, 0) is 17.6 Å². The fourth-order valence-corrected chi connectivity index (χ4v) is 2.95. The van der Waals surface area contributed by atoms with E-state index in [0.717, 1.165) is 49.7 Å². The molecule has 0 fully saturated rings. The Labute approximate surface area is 160 Å². The second-order valence-electron chi connectivity index (χ2n) is 7.80. The Balaban J connectivity index is 1.45. The van der Waals surface area contributed by atoms with E-state index >= 15 is 0 Å². The minimum atomic E-state index is -0.506. The zero-order valence-corrected chi connectivity index (χ0v) is 16.3. The van der Waals surface area contributed by atoms with Crippen LogP contribution >= 0.6 is 0 Å². The third-order valence-corrected chi connectivity index (χ3v) is 4.27. The summed E-state index contributed by atoms with van der Waals surface area (Å²) >= 11 is 0. The highest BCUT2D eigenvalue weighted by Gasteiger charge is 2.18. The Morgan fingerprint density at radius 3 is 2.85 bits per heavy atom. The molecular formula is C21H28N4O2. The van der Waals surface area contributed by atoms with E-state index in [9.17, 15) is 4.79 Å². The lowest BCUT2D eigenvalue weighted by molar-refractivity contribution is 0.00691. The van der Waals surface area contributed by atoms with Crippen LogP contribution in [0.1, 0.15) is 55.2 Å². The monoisotopic (exact) mass is 368 g/mol. The van der Waals surface area contributed by atoms with Gasteiger partial charge < -0.3 is 15.4 Å². The lowest BCUT2D eigenvalue weighted by Gasteiger charge is -2.19. The third-order valence-electron chi connectivity index (χ3n) is 4.27. The maximum Gasteiger partial charge on any atom is 0.340 e. The SMILES string of the molecule is CC(C)(C)OC(=O)c1ccc(NCCCc2ccc3c(n2)NCCC3)nc1. The number of aryl methyl sites for hydroxylation is 2. The zero-order chi connectivity index (χ0) is 19.3. The number of aromatic nitrogens is 2. The van der Waals surface area contributed by atoms with E-state index in [2.05, 4.69) is 27.8 Å². The summed E-state index contributed by atoms with van der Waals surface area (Å²) in [6.45, 7) is 7.35. The molecule has 0 saturated heterocycles. The quantitative estimate of drug-likeness (QED) is 0.596. The molecule has 144 valence electrons. The highest BCUT2D eigenvalue weighted by Crippen LogP contribution is 2.20. The summed E-state index contributed by atoms with van der Waals surface area (Å²) in [7, 11) is 0. The Hall–Kier alpha value is -2.63. The standard InChI is InChI=1S/C21H28N4O2/c1-21(2,3)27-20(26)16-9-11-18(24-14-16)22-12-5-7-17-10-8-15-6-4-13-23-19(15)25-17/h8-11,14H,4-7,12-13H2,1-3H3,(H,22,24)(H,23,25). The van der Waals surface area contributed by atoms with Crippen LogP contribution in [0.4, 0.5) is 11.6 Å². The van der Waals surface area contributed by atoms with E-state index in [1.54, 1.807) is 18.3 Å². The predicted octanol–water partition coefficient (Wildman–Crippen LogP) is 3.83. The molecule has 0 saturated carbocycles. The Morgan fingerprint density at radius 1 is 1.26 bits per heavy atom. The van der Waals surface area contributed by atoms with Gasteiger partial charge in [-0.05, 0) is 70.2 Å². The van der Waals surface area contributed by atoms with Crippen molar-refractivity contribution < 1.29 is 9.53 Å². The van der Waals surface area contributed by atoms with Gasteiger partial charge in [0.15, 0.2) is 0 Å². The second kappa shape index (κ2) is 8.37. The number of pyridine rings is 2. The average Bonchev–Trinajstić information content (AvgIpc) is 2.64. The molecule has 3 heterocycles. The summed E-state index contributed by atoms with van der Waals surface area (Å²) in [5.74, 6) is 1.45. The van der Waals surface area contributed by atoms with Crippen molar-refractivity contribution >= 4 is 17.6 Å². The van der Waals surface area contributed by atoms with E-state index in [0.29, 0.717) is 5.56 Å². The summed E-state index contributed by atoms with van der Waals surface area (Å²) in [5.41, 5.74) is 2.38. The fourth-order valence-electron chi connectivity index (χ4n) is 2.95. The van der Waals surface area contributed by atoms with Gasteiger partial charge in [-0.1, -0.05) is 6.07 Å². The van der Waals surface area contributed by atoms with Crippen molar-refractivity contribution in [1.82, 2.24) is 9.97 Å². The number of anilines is 2. The predicted molar refractivity (Wildman–Crippen MR) is 107 cm³/mol. The first kappa shape index (κ1) is 19.1. The van der Waals surface area contributed by atoms with Crippen LogP contribution in [-0.4, -0.2) is 34.6 Å². The first-order chi connectivity index (χ1) is 12.9.